The zero-order valence-electron chi connectivity index (χ0n) is 15.1. The van der Waals surface area contributed by atoms with Crippen LogP contribution in [0.4, 0.5) is 0 Å². The number of hydrogen-bond acceptors (Lipinski definition) is 6. The van der Waals surface area contributed by atoms with E-state index in [1.807, 2.05) is 13.8 Å². The standard InChI is InChI=1S/C20H22O6/c1-4-23-17-11-15(12-18(13-17)24-5-2)20(22)26-16-9-7-8-14(10-16)19(21)25-6-3/h7-13H,4-6H2,1-3H3. The third-order valence-electron chi connectivity index (χ3n) is 3.29. The Balaban J connectivity index is 2.21. The lowest BCUT2D eigenvalue weighted by Crippen LogP contribution is -2.10. The highest BCUT2D eigenvalue weighted by molar-refractivity contribution is 5.93. The average Bonchev–Trinajstić information content (AvgIpc) is 2.62. The Labute approximate surface area is 152 Å². The van der Waals surface area contributed by atoms with Gasteiger partial charge < -0.3 is 18.9 Å². The van der Waals surface area contributed by atoms with Crippen LogP contribution in [0.15, 0.2) is 42.5 Å². The van der Waals surface area contributed by atoms with Crippen molar-refractivity contribution < 1.29 is 28.5 Å². The van der Waals surface area contributed by atoms with Crippen LogP contribution in [0.25, 0.3) is 0 Å². The molecule has 0 atom stereocenters. The number of carbonyl (C=O) groups is 2. The number of esters is 2. The van der Waals surface area contributed by atoms with E-state index in [0.29, 0.717) is 35.8 Å². The molecule has 0 radical (unpaired) electrons. The van der Waals surface area contributed by atoms with Gasteiger partial charge in [-0.2, -0.15) is 0 Å². The zero-order valence-corrected chi connectivity index (χ0v) is 15.1. The summed E-state index contributed by atoms with van der Waals surface area (Å²) in [6.45, 7) is 6.63. The van der Waals surface area contributed by atoms with Crippen molar-refractivity contribution >= 4 is 11.9 Å². The molecule has 0 saturated heterocycles. The van der Waals surface area contributed by atoms with E-state index in [0.717, 1.165) is 0 Å². The van der Waals surface area contributed by atoms with Gasteiger partial charge >= 0.3 is 11.9 Å². The van der Waals surface area contributed by atoms with Gasteiger partial charge in [0.2, 0.25) is 0 Å². The van der Waals surface area contributed by atoms with E-state index < -0.39 is 11.9 Å². The topological polar surface area (TPSA) is 71.1 Å². The predicted molar refractivity (Wildman–Crippen MR) is 96.1 cm³/mol. The number of rotatable bonds is 8. The Hall–Kier alpha value is -3.02. The Morgan fingerprint density at radius 1 is 0.731 bits per heavy atom. The van der Waals surface area contributed by atoms with E-state index in [4.69, 9.17) is 18.9 Å². The summed E-state index contributed by atoms with van der Waals surface area (Å²) in [4.78, 5) is 24.3. The summed E-state index contributed by atoms with van der Waals surface area (Å²) in [5.41, 5.74) is 0.608. The third kappa shape index (κ3) is 5.24. The number of carbonyl (C=O) groups excluding carboxylic acids is 2. The molecule has 6 nitrogen and oxygen atoms in total. The van der Waals surface area contributed by atoms with Crippen LogP contribution in [0.1, 0.15) is 41.5 Å². The van der Waals surface area contributed by atoms with Crippen LogP contribution in [0.3, 0.4) is 0 Å². The smallest absolute Gasteiger partial charge is 0.343 e. The molecule has 0 amide bonds. The minimum absolute atomic E-state index is 0.250. The lowest BCUT2D eigenvalue weighted by molar-refractivity contribution is 0.0524. The maximum absolute atomic E-state index is 12.5. The molecule has 0 fully saturated rings. The van der Waals surface area contributed by atoms with Crippen LogP contribution in [0, 0.1) is 0 Å². The third-order valence-corrected chi connectivity index (χ3v) is 3.29. The molecule has 2 aromatic carbocycles. The summed E-state index contributed by atoms with van der Waals surface area (Å²) >= 11 is 0. The molecular weight excluding hydrogens is 336 g/mol. The maximum Gasteiger partial charge on any atom is 0.343 e. The lowest BCUT2D eigenvalue weighted by atomic mass is 10.2. The van der Waals surface area contributed by atoms with Gasteiger partial charge in [-0.3, -0.25) is 0 Å². The maximum atomic E-state index is 12.5. The quantitative estimate of drug-likeness (QED) is 0.527. The molecule has 0 aliphatic rings. The SMILES string of the molecule is CCOC(=O)c1cccc(OC(=O)c2cc(OCC)cc(OCC)c2)c1. The fraction of sp³-hybridized carbons (Fsp3) is 0.300. The van der Waals surface area contributed by atoms with E-state index in [9.17, 15) is 9.59 Å². The minimum Gasteiger partial charge on any atom is -0.494 e. The van der Waals surface area contributed by atoms with E-state index in [-0.39, 0.29) is 12.4 Å². The second kappa shape index (κ2) is 9.46. The lowest BCUT2D eigenvalue weighted by Gasteiger charge is -2.11. The fourth-order valence-electron chi connectivity index (χ4n) is 2.26. The largest absolute Gasteiger partial charge is 0.494 e. The van der Waals surface area contributed by atoms with Gasteiger partial charge in [0.15, 0.2) is 0 Å². The first-order chi connectivity index (χ1) is 12.6. The normalized spacial score (nSPS) is 10.1. The van der Waals surface area contributed by atoms with Gasteiger partial charge in [0.05, 0.1) is 30.9 Å². The molecular formula is C20H22O6. The first-order valence-electron chi connectivity index (χ1n) is 8.47. The molecule has 0 heterocycles. The Morgan fingerprint density at radius 2 is 1.35 bits per heavy atom. The molecule has 0 aliphatic carbocycles. The van der Waals surface area contributed by atoms with Crippen molar-refractivity contribution in [2.45, 2.75) is 20.8 Å². The van der Waals surface area contributed by atoms with Gasteiger partial charge in [-0.25, -0.2) is 9.59 Å². The van der Waals surface area contributed by atoms with Crippen molar-refractivity contribution in [1.29, 1.82) is 0 Å². The molecule has 0 unspecified atom stereocenters. The van der Waals surface area contributed by atoms with Crippen molar-refractivity contribution in [3.05, 3.63) is 53.6 Å². The van der Waals surface area contributed by atoms with Gasteiger partial charge in [0, 0.05) is 6.07 Å². The molecule has 0 bridgehead atoms. The second-order valence-electron chi connectivity index (χ2n) is 5.20. The summed E-state index contributed by atoms with van der Waals surface area (Å²) in [5, 5.41) is 0. The van der Waals surface area contributed by atoms with E-state index >= 15 is 0 Å². The molecule has 26 heavy (non-hydrogen) atoms. The van der Waals surface area contributed by atoms with Gasteiger partial charge in [0.1, 0.15) is 17.2 Å². The van der Waals surface area contributed by atoms with Gasteiger partial charge in [0.25, 0.3) is 0 Å². The summed E-state index contributed by atoms with van der Waals surface area (Å²) in [7, 11) is 0. The summed E-state index contributed by atoms with van der Waals surface area (Å²) in [6, 6.07) is 11.2. The molecule has 0 spiro atoms. The van der Waals surface area contributed by atoms with Crippen molar-refractivity contribution in [1.82, 2.24) is 0 Å². The summed E-state index contributed by atoms with van der Waals surface area (Å²) in [6.07, 6.45) is 0. The van der Waals surface area contributed by atoms with Crippen molar-refractivity contribution in [3.8, 4) is 17.2 Å². The van der Waals surface area contributed by atoms with Crippen LogP contribution in [-0.2, 0) is 4.74 Å². The van der Waals surface area contributed by atoms with Crippen LogP contribution in [0.5, 0.6) is 17.2 Å². The van der Waals surface area contributed by atoms with Crippen LogP contribution < -0.4 is 14.2 Å². The molecule has 0 aromatic heterocycles. The first-order valence-corrected chi connectivity index (χ1v) is 8.47. The minimum atomic E-state index is -0.575. The Kier molecular flexibility index (Phi) is 7.02. The molecule has 0 aliphatic heterocycles. The molecule has 138 valence electrons. The van der Waals surface area contributed by atoms with Crippen molar-refractivity contribution in [2.24, 2.45) is 0 Å². The molecule has 0 saturated carbocycles. The zero-order chi connectivity index (χ0) is 18.9. The summed E-state index contributed by atoms with van der Waals surface area (Å²) < 4.78 is 21.2. The van der Waals surface area contributed by atoms with Gasteiger partial charge in [-0.15, -0.1) is 0 Å². The average molecular weight is 358 g/mol. The number of ether oxygens (including phenoxy) is 4. The molecule has 2 rings (SSSR count). The first kappa shape index (κ1) is 19.3. The van der Waals surface area contributed by atoms with E-state index in [1.165, 1.54) is 6.07 Å². The summed E-state index contributed by atoms with van der Waals surface area (Å²) in [5.74, 6) is 0.243. The van der Waals surface area contributed by atoms with Gasteiger partial charge in [-0.1, -0.05) is 6.07 Å². The number of benzene rings is 2. The molecule has 0 N–H and O–H groups in total. The highest BCUT2D eigenvalue weighted by Crippen LogP contribution is 2.25. The van der Waals surface area contributed by atoms with Crippen molar-refractivity contribution in [3.63, 3.8) is 0 Å². The Bertz CT molecular complexity index is 744. The Morgan fingerprint density at radius 3 is 1.92 bits per heavy atom. The van der Waals surface area contributed by atoms with Crippen LogP contribution >= 0.6 is 0 Å². The van der Waals surface area contributed by atoms with E-state index in [1.54, 1.807) is 43.3 Å². The predicted octanol–water partition coefficient (Wildman–Crippen LogP) is 3.88. The highest BCUT2D eigenvalue weighted by atomic mass is 16.5. The second-order valence-corrected chi connectivity index (χ2v) is 5.20. The van der Waals surface area contributed by atoms with Crippen LogP contribution in [-0.4, -0.2) is 31.8 Å². The number of hydrogen-bond donors (Lipinski definition) is 0. The van der Waals surface area contributed by atoms with E-state index in [2.05, 4.69) is 0 Å². The molecule has 6 heteroatoms. The van der Waals surface area contributed by atoms with Gasteiger partial charge in [-0.05, 0) is 51.1 Å². The highest BCUT2D eigenvalue weighted by Gasteiger charge is 2.14. The molecule has 2 aromatic rings. The van der Waals surface area contributed by atoms with Crippen LogP contribution in [0.2, 0.25) is 0 Å². The monoisotopic (exact) mass is 358 g/mol. The van der Waals surface area contributed by atoms with Crippen molar-refractivity contribution in [2.75, 3.05) is 19.8 Å². The fourth-order valence-corrected chi connectivity index (χ4v) is 2.26.